The Morgan fingerprint density at radius 3 is 2.62 bits per heavy atom. The van der Waals surface area contributed by atoms with Gasteiger partial charge in [0.2, 0.25) is 0 Å². The lowest BCUT2D eigenvalue weighted by Gasteiger charge is -2.33. The van der Waals surface area contributed by atoms with Crippen LogP contribution < -0.4 is 5.32 Å². The van der Waals surface area contributed by atoms with Crippen molar-refractivity contribution in [1.82, 2.24) is 10.2 Å². The number of rotatable bonds is 3. The van der Waals surface area contributed by atoms with Crippen LogP contribution in [0.1, 0.15) is 19.8 Å². The number of hydrogen-bond acceptors (Lipinski definition) is 2. The Morgan fingerprint density at radius 2 is 2.15 bits per heavy atom. The molecule has 0 aromatic carbocycles. The van der Waals surface area contributed by atoms with Gasteiger partial charge in [-0.05, 0) is 45.8 Å². The molecule has 0 aromatic rings. The molecule has 1 rings (SSSR count). The van der Waals surface area contributed by atoms with Crippen LogP contribution in [-0.4, -0.2) is 37.6 Å². The van der Waals surface area contributed by atoms with E-state index >= 15 is 0 Å². The van der Waals surface area contributed by atoms with Gasteiger partial charge in [0, 0.05) is 6.04 Å². The highest BCUT2D eigenvalue weighted by atomic mass is 15.1. The van der Waals surface area contributed by atoms with Gasteiger partial charge in [-0.2, -0.15) is 0 Å². The molecule has 1 saturated heterocycles. The van der Waals surface area contributed by atoms with Gasteiger partial charge in [0.15, 0.2) is 0 Å². The quantitative estimate of drug-likeness (QED) is 0.650. The van der Waals surface area contributed by atoms with Crippen molar-refractivity contribution in [1.29, 1.82) is 0 Å². The Bertz CT molecular complexity index is 175. The summed E-state index contributed by atoms with van der Waals surface area (Å²) in [7, 11) is 2.04. The summed E-state index contributed by atoms with van der Waals surface area (Å²) in [5, 5.41) is 3.32. The van der Waals surface area contributed by atoms with Crippen LogP contribution in [0.25, 0.3) is 0 Å². The Kier molecular flexibility index (Phi) is 4.27. The molecule has 0 spiro atoms. The van der Waals surface area contributed by atoms with Crippen molar-refractivity contribution in [2.45, 2.75) is 25.8 Å². The first-order valence-corrected chi connectivity index (χ1v) is 5.11. The van der Waals surface area contributed by atoms with Crippen LogP contribution in [0.4, 0.5) is 0 Å². The molecule has 74 valence electrons. The van der Waals surface area contributed by atoms with Gasteiger partial charge in [0.05, 0.1) is 6.54 Å². The first-order chi connectivity index (χ1) is 6.27. The third kappa shape index (κ3) is 3.02. The monoisotopic (exact) mass is 180 g/mol. The maximum Gasteiger partial charge on any atom is 0.0598 e. The summed E-state index contributed by atoms with van der Waals surface area (Å²) in [6, 6.07) is 0.646. The third-order valence-corrected chi connectivity index (χ3v) is 3.11. The van der Waals surface area contributed by atoms with Crippen molar-refractivity contribution in [2.75, 3.05) is 26.7 Å². The molecule has 0 radical (unpaired) electrons. The minimum atomic E-state index is 0.646. The minimum Gasteiger partial charge on any atom is -0.317 e. The van der Waals surface area contributed by atoms with Crippen molar-refractivity contribution in [2.24, 2.45) is 5.92 Å². The fraction of sp³-hybridized carbons (Fsp3) is 0.818. The van der Waals surface area contributed by atoms with E-state index in [0.717, 1.165) is 12.5 Å². The lowest BCUT2D eigenvalue weighted by Crippen LogP contribution is -2.40. The summed E-state index contributed by atoms with van der Waals surface area (Å²) in [6.07, 6.45) is 7.84. The van der Waals surface area contributed by atoms with E-state index < -0.39 is 0 Å². The molecular weight excluding hydrogens is 160 g/mol. The topological polar surface area (TPSA) is 15.3 Å². The predicted octanol–water partition coefficient (Wildman–Crippen LogP) is 0.940. The van der Waals surface area contributed by atoms with Crippen LogP contribution in [-0.2, 0) is 0 Å². The van der Waals surface area contributed by atoms with Gasteiger partial charge in [0.1, 0.15) is 0 Å². The molecule has 1 N–H and O–H groups in total. The fourth-order valence-corrected chi connectivity index (χ4v) is 1.98. The molecule has 1 aliphatic rings. The average molecular weight is 180 g/mol. The Hall–Kier alpha value is -0.520. The highest BCUT2D eigenvalue weighted by Gasteiger charge is 2.21. The molecule has 1 unspecified atom stereocenters. The molecule has 1 aliphatic heterocycles. The predicted molar refractivity (Wildman–Crippen MR) is 56.5 cm³/mol. The zero-order valence-corrected chi connectivity index (χ0v) is 8.71. The van der Waals surface area contributed by atoms with E-state index in [9.17, 15) is 0 Å². The van der Waals surface area contributed by atoms with Crippen LogP contribution in [0.5, 0.6) is 0 Å². The van der Waals surface area contributed by atoms with Crippen LogP contribution in [0, 0.1) is 18.3 Å². The summed E-state index contributed by atoms with van der Waals surface area (Å²) in [4.78, 5) is 2.36. The second-order valence-corrected chi connectivity index (χ2v) is 3.90. The van der Waals surface area contributed by atoms with Crippen LogP contribution >= 0.6 is 0 Å². The first-order valence-electron chi connectivity index (χ1n) is 5.11. The van der Waals surface area contributed by atoms with Crippen molar-refractivity contribution >= 4 is 0 Å². The van der Waals surface area contributed by atoms with Crippen molar-refractivity contribution in [3.63, 3.8) is 0 Å². The minimum absolute atomic E-state index is 0.646. The van der Waals surface area contributed by atoms with Crippen molar-refractivity contribution in [3.05, 3.63) is 0 Å². The van der Waals surface area contributed by atoms with Gasteiger partial charge in [-0.25, -0.2) is 0 Å². The standard InChI is InChI=1S/C11H20N2/c1-4-7-13-8-5-11(6-9-13)10(2)12-3/h1,10-12H,5-9H2,2-3H3. The number of nitrogens with zero attached hydrogens (tertiary/aromatic N) is 1. The van der Waals surface area contributed by atoms with E-state index in [0.29, 0.717) is 6.04 Å². The van der Waals surface area contributed by atoms with E-state index in [1.165, 1.54) is 25.9 Å². The lowest BCUT2D eigenvalue weighted by molar-refractivity contribution is 0.180. The van der Waals surface area contributed by atoms with E-state index in [2.05, 4.69) is 23.1 Å². The Labute approximate surface area is 81.7 Å². The molecule has 0 amide bonds. The summed E-state index contributed by atoms with van der Waals surface area (Å²) in [6.45, 7) is 5.42. The van der Waals surface area contributed by atoms with Crippen LogP contribution in [0.3, 0.4) is 0 Å². The second kappa shape index (κ2) is 5.26. The number of piperidine rings is 1. The molecular formula is C11H20N2. The molecule has 13 heavy (non-hydrogen) atoms. The van der Waals surface area contributed by atoms with E-state index in [-0.39, 0.29) is 0 Å². The number of terminal acetylenes is 1. The largest absolute Gasteiger partial charge is 0.317 e. The van der Waals surface area contributed by atoms with Crippen molar-refractivity contribution in [3.8, 4) is 12.3 Å². The zero-order chi connectivity index (χ0) is 9.68. The molecule has 1 atom stereocenters. The smallest absolute Gasteiger partial charge is 0.0598 e. The molecule has 0 bridgehead atoms. The molecule has 1 heterocycles. The van der Waals surface area contributed by atoms with Crippen LogP contribution in [0.2, 0.25) is 0 Å². The van der Waals surface area contributed by atoms with E-state index in [4.69, 9.17) is 6.42 Å². The summed E-state index contributed by atoms with van der Waals surface area (Å²) in [5.41, 5.74) is 0. The van der Waals surface area contributed by atoms with Gasteiger partial charge in [-0.1, -0.05) is 5.92 Å². The third-order valence-electron chi connectivity index (χ3n) is 3.11. The van der Waals surface area contributed by atoms with Gasteiger partial charge in [-0.3, -0.25) is 4.90 Å². The first kappa shape index (κ1) is 10.6. The average Bonchev–Trinajstić information content (AvgIpc) is 2.18. The Morgan fingerprint density at radius 1 is 1.54 bits per heavy atom. The highest BCUT2D eigenvalue weighted by Crippen LogP contribution is 2.19. The van der Waals surface area contributed by atoms with Crippen LogP contribution in [0.15, 0.2) is 0 Å². The summed E-state index contributed by atoms with van der Waals surface area (Å²) < 4.78 is 0. The zero-order valence-electron chi connectivity index (χ0n) is 8.71. The van der Waals surface area contributed by atoms with Gasteiger partial charge >= 0.3 is 0 Å². The highest BCUT2D eigenvalue weighted by molar-refractivity contribution is 4.90. The summed E-state index contributed by atoms with van der Waals surface area (Å²) in [5.74, 6) is 3.54. The maximum atomic E-state index is 5.28. The number of hydrogen-bond donors (Lipinski definition) is 1. The van der Waals surface area contributed by atoms with Gasteiger partial charge in [-0.15, -0.1) is 6.42 Å². The summed E-state index contributed by atoms with van der Waals surface area (Å²) >= 11 is 0. The second-order valence-electron chi connectivity index (χ2n) is 3.90. The molecule has 0 aliphatic carbocycles. The Balaban J connectivity index is 2.27. The molecule has 0 saturated carbocycles. The fourth-order valence-electron chi connectivity index (χ4n) is 1.98. The molecule has 2 nitrogen and oxygen atoms in total. The molecule has 0 aromatic heterocycles. The normalized spacial score (nSPS) is 22.5. The van der Waals surface area contributed by atoms with Crippen molar-refractivity contribution < 1.29 is 0 Å². The molecule has 2 heteroatoms. The lowest BCUT2D eigenvalue weighted by atomic mass is 9.90. The number of likely N-dealkylation sites (tertiary alicyclic amines) is 1. The maximum absolute atomic E-state index is 5.28. The van der Waals surface area contributed by atoms with E-state index in [1.807, 2.05) is 7.05 Å². The van der Waals surface area contributed by atoms with Gasteiger partial charge in [0.25, 0.3) is 0 Å². The van der Waals surface area contributed by atoms with Gasteiger partial charge < -0.3 is 5.32 Å². The number of nitrogens with one attached hydrogen (secondary N) is 1. The molecule has 1 fully saturated rings. The van der Waals surface area contributed by atoms with E-state index in [1.54, 1.807) is 0 Å². The SMILES string of the molecule is C#CCN1CCC(C(C)NC)CC1.